The number of carboxylic acid groups (broad SMARTS) is 1. The second-order valence-electron chi connectivity index (χ2n) is 26.4. The van der Waals surface area contributed by atoms with Crippen LogP contribution in [0.3, 0.4) is 0 Å². The van der Waals surface area contributed by atoms with Crippen molar-refractivity contribution in [3.63, 3.8) is 0 Å². The molecule has 3 heterocycles. The molecule has 93 heavy (non-hydrogen) atoms. The number of allylic oxidation sites excluding steroid dienone is 3. The average molecular weight is 1330 g/mol. The van der Waals surface area contributed by atoms with Crippen LogP contribution in [-0.4, -0.2) is 215 Å². The Labute approximate surface area is 555 Å². The van der Waals surface area contributed by atoms with Gasteiger partial charge in [-0.1, -0.05) is 224 Å². The maximum absolute atomic E-state index is 13.5. The molecule has 0 aromatic heterocycles. The van der Waals surface area contributed by atoms with Gasteiger partial charge in [-0.25, -0.2) is 4.79 Å². The van der Waals surface area contributed by atoms with Crippen molar-refractivity contribution < 1.29 is 104 Å². The fourth-order valence-corrected chi connectivity index (χ4v) is 12.6. The van der Waals surface area contributed by atoms with E-state index in [0.717, 1.165) is 77.6 Å². The Morgan fingerprint density at radius 1 is 0.559 bits per heavy atom. The number of ether oxygens (including phenoxy) is 6. The maximum atomic E-state index is 13.5. The number of carboxylic acids is 1. The highest BCUT2D eigenvalue weighted by Crippen LogP contribution is 2.39. The lowest BCUT2D eigenvalue weighted by molar-refractivity contribution is -0.386. The number of aliphatic hydroxyl groups excluding tert-OH is 11. The van der Waals surface area contributed by atoms with Crippen molar-refractivity contribution in [1.29, 1.82) is 0 Å². The zero-order chi connectivity index (χ0) is 68.2. The van der Waals surface area contributed by atoms with Crippen LogP contribution in [0.2, 0.25) is 0 Å². The van der Waals surface area contributed by atoms with Crippen molar-refractivity contribution in [2.24, 2.45) is 0 Å². The van der Waals surface area contributed by atoms with Gasteiger partial charge in [-0.2, -0.15) is 0 Å². The summed E-state index contributed by atoms with van der Waals surface area (Å²) in [5, 5.41) is 136. The molecule has 3 aliphatic rings. The third kappa shape index (κ3) is 32.6. The predicted molar refractivity (Wildman–Crippen MR) is 352 cm³/mol. The highest BCUT2D eigenvalue weighted by molar-refractivity contribution is 5.77. The van der Waals surface area contributed by atoms with Crippen LogP contribution < -0.4 is 10.6 Å². The van der Waals surface area contributed by atoms with E-state index in [0.29, 0.717) is 12.8 Å². The molecule has 0 aromatic rings. The molecular weight excluding hydrogens is 1200 g/mol. The molecule has 23 nitrogen and oxygen atoms in total. The van der Waals surface area contributed by atoms with E-state index in [1.165, 1.54) is 148 Å². The lowest BCUT2D eigenvalue weighted by Gasteiger charge is -2.50. The van der Waals surface area contributed by atoms with Crippen LogP contribution >= 0.6 is 0 Å². The van der Waals surface area contributed by atoms with Crippen molar-refractivity contribution in [2.45, 2.75) is 375 Å². The number of nitrogens with one attached hydrogen (secondary N) is 2. The first-order valence-corrected chi connectivity index (χ1v) is 36.2. The van der Waals surface area contributed by atoms with E-state index < -0.39 is 155 Å². The first-order valence-electron chi connectivity index (χ1n) is 36.2. The summed E-state index contributed by atoms with van der Waals surface area (Å²) in [5.74, 6) is -6.15. The van der Waals surface area contributed by atoms with Crippen LogP contribution in [0.5, 0.6) is 0 Å². The number of aliphatic hydroxyl groups is 11. The van der Waals surface area contributed by atoms with Gasteiger partial charge in [0.15, 0.2) is 12.6 Å². The molecule has 18 atom stereocenters. The van der Waals surface area contributed by atoms with E-state index in [2.05, 4.69) is 36.6 Å². The molecule has 2 amide bonds. The van der Waals surface area contributed by atoms with Gasteiger partial charge in [0.2, 0.25) is 11.8 Å². The second-order valence-corrected chi connectivity index (χ2v) is 26.4. The van der Waals surface area contributed by atoms with Crippen LogP contribution in [0.15, 0.2) is 24.3 Å². The standard InChI is InChI=1S/C70H128N2O21/c1-4-6-8-10-12-14-16-18-20-22-23-24-25-26-28-29-31-33-35-37-39-41-43-52(77)51(72-57(80)44-42-40-38-36-34-32-30-27-21-19-17-15-13-11-9-7-5-2)49-88-67-62(84)61(83)64(56(48-75)90-67)91-68-63(85)66(60(82)55(47-74)89-68)93-70(69(86)87)45-53(78)58(71-50(3)76)65(92-70)59(81)54(79)46-73/h19,21,41,43,51-56,58-68,73-75,77-79,81-85H,4-18,20,22-40,42,44-49H2,1-3H3,(H,71,76)(H,72,80)(H,86,87)/b21-19-,43-41+. The largest absolute Gasteiger partial charge is 0.477 e. The summed E-state index contributed by atoms with van der Waals surface area (Å²) < 4.78 is 34.8. The summed E-state index contributed by atoms with van der Waals surface area (Å²) in [6, 6.07) is -2.62. The van der Waals surface area contributed by atoms with Crippen LogP contribution in [-0.2, 0) is 42.8 Å². The molecule has 3 aliphatic heterocycles. The lowest BCUT2D eigenvalue weighted by atomic mass is 9.88. The minimum atomic E-state index is -3.08. The topological polar surface area (TPSA) is 373 Å². The Bertz CT molecular complexity index is 1970. The quantitative estimate of drug-likeness (QED) is 0.0211. The van der Waals surface area contributed by atoms with Gasteiger partial charge in [-0.3, -0.25) is 9.59 Å². The molecule has 0 radical (unpaired) electrons. The first kappa shape index (κ1) is 84.4. The molecular formula is C70H128N2O21. The number of amides is 2. The van der Waals surface area contributed by atoms with Crippen LogP contribution in [0.25, 0.3) is 0 Å². The van der Waals surface area contributed by atoms with Crippen molar-refractivity contribution in [3.8, 4) is 0 Å². The van der Waals surface area contributed by atoms with Gasteiger partial charge < -0.3 is 100 Å². The molecule has 0 spiro atoms. The number of hydrogen-bond acceptors (Lipinski definition) is 20. The van der Waals surface area contributed by atoms with Gasteiger partial charge in [0.05, 0.1) is 50.7 Å². The Morgan fingerprint density at radius 2 is 1.01 bits per heavy atom. The molecule has 3 fully saturated rings. The summed E-state index contributed by atoms with van der Waals surface area (Å²) in [5.41, 5.74) is 0. The molecule has 23 heteroatoms. The number of carbonyl (C=O) groups is 3. The molecule has 14 N–H and O–H groups in total. The normalized spacial score (nSPS) is 28.2. The Morgan fingerprint density at radius 3 is 1.46 bits per heavy atom. The number of rotatable bonds is 55. The molecule has 0 bridgehead atoms. The predicted octanol–water partition coefficient (Wildman–Crippen LogP) is 7.23. The summed E-state index contributed by atoms with van der Waals surface area (Å²) in [6.07, 6.45) is 22.1. The smallest absolute Gasteiger partial charge is 0.364 e. The second kappa shape index (κ2) is 50.5. The van der Waals surface area contributed by atoms with Crippen LogP contribution in [0.4, 0.5) is 0 Å². The molecule has 544 valence electrons. The van der Waals surface area contributed by atoms with Crippen molar-refractivity contribution in [1.82, 2.24) is 10.6 Å². The van der Waals surface area contributed by atoms with Crippen molar-refractivity contribution in [3.05, 3.63) is 24.3 Å². The molecule has 18 unspecified atom stereocenters. The van der Waals surface area contributed by atoms with Gasteiger partial charge in [-0.05, 0) is 44.9 Å². The zero-order valence-electron chi connectivity index (χ0n) is 56.9. The van der Waals surface area contributed by atoms with E-state index in [1.54, 1.807) is 6.08 Å². The van der Waals surface area contributed by atoms with E-state index in [4.69, 9.17) is 28.4 Å². The van der Waals surface area contributed by atoms with Gasteiger partial charge in [0.25, 0.3) is 5.79 Å². The lowest BCUT2D eigenvalue weighted by Crippen LogP contribution is -2.70. The number of aliphatic carboxylic acids is 1. The van der Waals surface area contributed by atoms with E-state index in [9.17, 15) is 75.7 Å². The zero-order valence-corrected chi connectivity index (χ0v) is 56.9. The summed E-state index contributed by atoms with van der Waals surface area (Å²) in [7, 11) is 0. The fraction of sp³-hybridized carbons (Fsp3) is 0.900. The number of unbranched alkanes of at least 4 members (excludes halogenated alkanes) is 33. The highest BCUT2D eigenvalue weighted by Gasteiger charge is 2.60. The number of carbonyl (C=O) groups excluding carboxylic acids is 2. The average Bonchev–Trinajstić information content (AvgIpc) is 0.780. The first-order chi connectivity index (χ1) is 44.9. The van der Waals surface area contributed by atoms with Gasteiger partial charge in [0.1, 0.15) is 67.1 Å². The Kier molecular flexibility index (Phi) is 45.9. The fourth-order valence-electron chi connectivity index (χ4n) is 12.6. The molecule has 3 saturated heterocycles. The molecule has 0 aliphatic carbocycles. The van der Waals surface area contributed by atoms with Crippen molar-refractivity contribution in [2.75, 3.05) is 26.4 Å². The Balaban J connectivity index is 1.59. The van der Waals surface area contributed by atoms with E-state index >= 15 is 0 Å². The summed E-state index contributed by atoms with van der Waals surface area (Å²) in [4.78, 5) is 38.6. The van der Waals surface area contributed by atoms with Crippen LogP contribution in [0.1, 0.15) is 265 Å². The molecule has 0 aromatic carbocycles. The Hall–Kier alpha value is -2.79. The molecule has 3 rings (SSSR count). The van der Waals surface area contributed by atoms with Gasteiger partial charge in [0, 0.05) is 19.8 Å². The third-order valence-corrected chi connectivity index (χ3v) is 18.4. The minimum Gasteiger partial charge on any atom is -0.477 e. The number of hydrogen-bond donors (Lipinski definition) is 14. The van der Waals surface area contributed by atoms with Crippen molar-refractivity contribution >= 4 is 17.8 Å². The van der Waals surface area contributed by atoms with Gasteiger partial charge >= 0.3 is 5.97 Å². The van der Waals surface area contributed by atoms with Crippen LogP contribution in [0, 0.1) is 0 Å². The highest BCUT2D eigenvalue weighted by atomic mass is 16.8. The summed E-state index contributed by atoms with van der Waals surface area (Å²) >= 11 is 0. The molecule has 0 saturated carbocycles. The minimum absolute atomic E-state index is 0.196. The maximum Gasteiger partial charge on any atom is 0.364 e. The van der Waals surface area contributed by atoms with Gasteiger partial charge in [-0.15, -0.1) is 0 Å². The third-order valence-electron chi connectivity index (χ3n) is 18.4. The van der Waals surface area contributed by atoms with E-state index in [-0.39, 0.29) is 12.3 Å². The summed E-state index contributed by atoms with van der Waals surface area (Å²) in [6.45, 7) is 2.15. The SMILES string of the molecule is CCCCCCCC/C=C\CCCCCCCCCC(=O)NC(COC1OC(CO)C(OC2OC(CO)C(O)C(OC3(C(=O)O)CC(O)C(NC(C)=O)C(C(O)C(O)CO)O3)C2O)C(O)C1O)C(O)/C=C/CCCCCCCCCCCCCCCCCCCCCC. The van der Waals surface area contributed by atoms with E-state index in [1.807, 2.05) is 6.08 Å². The monoisotopic (exact) mass is 1330 g/mol.